The van der Waals surface area contributed by atoms with Crippen molar-refractivity contribution in [2.24, 2.45) is 47.2 Å². The minimum atomic E-state index is -1.01. The van der Waals surface area contributed by atoms with Crippen molar-refractivity contribution in [1.82, 2.24) is 35.6 Å². The molecule has 4 rings (SSSR count). The average Bonchev–Trinajstić information content (AvgIpc) is 1.78. The van der Waals surface area contributed by atoms with Gasteiger partial charge in [-0.3, -0.25) is 48.1 Å². The summed E-state index contributed by atoms with van der Waals surface area (Å²) in [4.78, 5) is 152. The Morgan fingerprint density at radius 3 is 1.96 bits per heavy atom. The van der Waals surface area contributed by atoms with Gasteiger partial charge in [-0.15, -0.1) is 0 Å². The summed E-state index contributed by atoms with van der Waals surface area (Å²) in [7, 11) is 5.90. The SMILES string of the molecule is CC[C@H](C)[C@@H]([C@@H](CC(=O)N1C[C@@H](O)C[C@H]1[C@H](OC)[C@@H](C)C(=O)NCCc1c(F)cccc1F)OC)N(C)C(=O)[C@@H](CC(=O)[C@H](C(C)C)N(C)C(=O)OCc1ccc(NC(=O)[C@H](CCCNC(N)=O)CC(=O)[C@@H](NC(=O)CCCCCN2C(=O)C=CC2=O)C(C)C)cc1)C(C)C. The molecule has 7 N–H and O–H groups in total. The number of imide groups is 1. The molecule has 0 spiro atoms. The van der Waals surface area contributed by atoms with Crippen LogP contribution in [0.15, 0.2) is 54.6 Å². The lowest BCUT2D eigenvalue weighted by molar-refractivity contribution is -0.149. The number of nitrogens with zero attached hydrogens (tertiary/aromatic N) is 4. The lowest BCUT2D eigenvalue weighted by Gasteiger charge is -2.41. The van der Waals surface area contributed by atoms with Crippen LogP contribution in [0.25, 0.3) is 0 Å². The van der Waals surface area contributed by atoms with E-state index in [4.69, 9.17) is 19.9 Å². The number of likely N-dealkylation sites (N-methyl/N-ethyl adjacent to an activating group) is 2. The second-order valence-corrected chi connectivity index (χ2v) is 26.2. The van der Waals surface area contributed by atoms with Gasteiger partial charge in [-0.2, -0.15) is 0 Å². The Bertz CT molecular complexity index is 2950. The van der Waals surface area contributed by atoms with E-state index in [1.54, 1.807) is 70.8 Å². The number of carbonyl (C=O) groups is 11. The van der Waals surface area contributed by atoms with E-state index in [-0.39, 0.29) is 136 Å². The van der Waals surface area contributed by atoms with Crippen LogP contribution in [0.4, 0.5) is 24.1 Å². The minimum absolute atomic E-state index is 0.0579. The number of nitrogens with two attached hydrogens (primary N) is 1. The van der Waals surface area contributed by atoms with Crippen LogP contribution in [0.1, 0.15) is 144 Å². The molecule has 0 aliphatic carbocycles. The summed E-state index contributed by atoms with van der Waals surface area (Å²) in [5.74, 6) is -8.97. The van der Waals surface area contributed by atoms with Gasteiger partial charge in [-0.05, 0) is 92.0 Å². The second kappa shape index (κ2) is 38.7. The molecule has 2 aromatic rings. The van der Waals surface area contributed by atoms with Crippen molar-refractivity contribution in [3.63, 3.8) is 0 Å². The Hall–Kier alpha value is -7.71. The first kappa shape index (κ1) is 79.7. The first-order chi connectivity index (χ1) is 44.9. The molecule has 0 radical (unpaired) electrons. The van der Waals surface area contributed by atoms with E-state index in [9.17, 15) is 66.6 Å². The number of aliphatic hydroxyl groups excluding tert-OH is 1. The standard InChI is InChI=1S/C69H103F2N9O15/c1-14-43(8)63(56(93-12)37-60(87)80-38-48(81)35-53(80)64(94-13)44(9)65(88)73-32-30-49-51(70)21-18-22-52(49)71)77(10)67(90)50(40(2)3)36-55(83)62(42(6)7)78(11)69(92)95-39-45-24-26-47(27-25-45)75-66(89)46(20-19-31-74-68(72)91)34-54(82)61(41(4)5)76-57(84)23-16-15-17-33-79-58(85)28-29-59(79)86/h18,21-22,24-29,40-44,46,48,50,53,56,61-64,81H,14-17,19-20,23,30-39H2,1-13H3,(H,73,88)(H,75,89)(H,76,84)(H3,72,74,91)/t43-,44+,46+,48-,50-,53-,56+,61-,62-,63-,64+/m0/s1. The molecule has 2 aliphatic heterocycles. The van der Waals surface area contributed by atoms with Crippen molar-refractivity contribution in [2.75, 3.05) is 59.8 Å². The molecule has 10 amide bonds. The van der Waals surface area contributed by atoms with Crippen LogP contribution in [0.2, 0.25) is 0 Å². The first-order valence-corrected chi connectivity index (χ1v) is 33.1. The van der Waals surface area contributed by atoms with E-state index < -0.39 is 108 Å². The summed E-state index contributed by atoms with van der Waals surface area (Å²) in [6, 6.07) is 5.89. The fraction of sp³-hybridized carbons (Fsp3) is 0.638. The number of urea groups is 1. The molecular weight excluding hydrogens is 1230 g/mol. The van der Waals surface area contributed by atoms with Gasteiger partial charge in [0.1, 0.15) is 18.2 Å². The summed E-state index contributed by atoms with van der Waals surface area (Å²) in [6.45, 7) is 16.3. The number of nitrogens with one attached hydrogen (secondary N) is 4. The molecule has 2 heterocycles. The Morgan fingerprint density at radius 1 is 0.747 bits per heavy atom. The second-order valence-electron chi connectivity index (χ2n) is 26.2. The number of Topliss-reactive ketones (excluding diaryl/α,β-unsaturated/α-hetero) is 2. The van der Waals surface area contributed by atoms with Crippen LogP contribution >= 0.6 is 0 Å². The van der Waals surface area contributed by atoms with E-state index in [1.165, 1.54) is 49.3 Å². The molecule has 0 unspecified atom stereocenters. The third-order valence-corrected chi connectivity index (χ3v) is 18.2. The molecule has 11 atom stereocenters. The number of amides is 10. The number of methoxy groups -OCH3 is 2. The Balaban J connectivity index is 1.38. The van der Waals surface area contributed by atoms with Crippen LogP contribution in [-0.2, 0) is 70.4 Å². The van der Waals surface area contributed by atoms with Crippen LogP contribution in [0, 0.1) is 53.1 Å². The monoisotopic (exact) mass is 1340 g/mol. The summed E-state index contributed by atoms with van der Waals surface area (Å²) in [5, 5.41) is 21.8. The van der Waals surface area contributed by atoms with Crippen LogP contribution in [0.3, 0.4) is 0 Å². The predicted molar refractivity (Wildman–Crippen MR) is 351 cm³/mol. The molecule has 95 heavy (non-hydrogen) atoms. The van der Waals surface area contributed by atoms with Gasteiger partial charge in [0.25, 0.3) is 11.8 Å². The molecule has 24 nitrogen and oxygen atoms in total. The molecule has 1 saturated heterocycles. The van der Waals surface area contributed by atoms with Crippen molar-refractivity contribution in [2.45, 2.75) is 188 Å². The number of likely N-dealkylation sites (tertiary alicyclic amines) is 1. The summed E-state index contributed by atoms with van der Waals surface area (Å²) in [6.07, 6.45) is 0.954. The quantitative estimate of drug-likeness (QED) is 0.0301. The number of benzene rings is 2. The zero-order valence-corrected chi connectivity index (χ0v) is 57.6. The fourth-order valence-electron chi connectivity index (χ4n) is 12.6. The topological polar surface area (TPSA) is 323 Å². The molecule has 0 aromatic heterocycles. The summed E-state index contributed by atoms with van der Waals surface area (Å²) < 4.78 is 46.2. The van der Waals surface area contributed by atoms with Crippen molar-refractivity contribution >= 4 is 70.7 Å². The number of β-amino-alcohol motifs (C(OH)–C–C–N with tert-alkyl or cyclic N) is 1. The van der Waals surface area contributed by atoms with Gasteiger partial charge in [-0.25, -0.2) is 18.4 Å². The number of carbonyl (C=O) groups excluding carboxylic acids is 11. The third kappa shape index (κ3) is 23.6. The van der Waals surface area contributed by atoms with E-state index in [2.05, 4.69) is 21.3 Å². The molecule has 528 valence electrons. The number of ketones is 2. The first-order valence-electron chi connectivity index (χ1n) is 33.1. The molecule has 0 saturated carbocycles. The van der Waals surface area contributed by atoms with E-state index in [0.29, 0.717) is 43.4 Å². The molecule has 2 aliphatic rings. The van der Waals surface area contributed by atoms with E-state index in [0.717, 1.165) is 17.0 Å². The van der Waals surface area contributed by atoms with Gasteiger partial charge in [-0.1, -0.05) is 93.4 Å². The lowest BCUT2D eigenvalue weighted by atomic mass is 9.83. The normalized spacial score (nSPS) is 17.5. The molecule has 26 heteroatoms. The lowest BCUT2D eigenvalue weighted by Crippen LogP contribution is -2.54. The number of hydrogen-bond donors (Lipinski definition) is 6. The van der Waals surface area contributed by atoms with Crippen molar-refractivity contribution < 1.29 is 80.8 Å². The molecule has 2 aromatic carbocycles. The molecular formula is C69H103F2N9O15. The molecule has 1 fully saturated rings. The van der Waals surface area contributed by atoms with Gasteiger partial charge in [0.15, 0.2) is 11.6 Å². The number of unbranched alkanes of at least 4 members (excludes halogenated alkanes) is 2. The average molecular weight is 1340 g/mol. The highest BCUT2D eigenvalue weighted by Gasteiger charge is 2.46. The van der Waals surface area contributed by atoms with Gasteiger partial charge >= 0.3 is 12.1 Å². The predicted octanol–water partition coefficient (Wildman–Crippen LogP) is 6.63. The number of halogens is 2. The van der Waals surface area contributed by atoms with Crippen molar-refractivity contribution in [3.05, 3.63) is 77.4 Å². The van der Waals surface area contributed by atoms with Gasteiger partial charge < -0.3 is 61.0 Å². The van der Waals surface area contributed by atoms with Crippen LogP contribution in [-0.4, -0.2) is 187 Å². The van der Waals surface area contributed by atoms with Gasteiger partial charge in [0.2, 0.25) is 29.5 Å². The number of ether oxygens (including phenoxy) is 3. The maximum Gasteiger partial charge on any atom is 0.410 e. The highest BCUT2D eigenvalue weighted by atomic mass is 19.1. The van der Waals surface area contributed by atoms with Gasteiger partial charge in [0.05, 0.1) is 54.8 Å². The number of rotatable bonds is 40. The Labute approximate surface area is 557 Å². The number of anilines is 1. The zero-order valence-electron chi connectivity index (χ0n) is 57.6. The number of hydrogen-bond acceptors (Lipinski definition) is 15. The Morgan fingerprint density at radius 2 is 1.39 bits per heavy atom. The van der Waals surface area contributed by atoms with Crippen molar-refractivity contribution in [1.29, 1.82) is 0 Å². The molecule has 0 bridgehead atoms. The van der Waals surface area contributed by atoms with E-state index in [1.807, 2.05) is 27.7 Å². The van der Waals surface area contributed by atoms with Crippen molar-refractivity contribution in [3.8, 4) is 0 Å². The highest BCUT2D eigenvalue weighted by Crippen LogP contribution is 2.32. The highest BCUT2D eigenvalue weighted by molar-refractivity contribution is 6.12. The number of primary amides is 1. The zero-order chi connectivity index (χ0) is 71.0. The maximum atomic E-state index is 14.9. The van der Waals surface area contributed by atoms with Crippen LogP contribution < -0.4 is 27.0 Å². The number of aliphatic hydroxyl groups is 1. The smallest absolute Gasteiger partial charge is 0.410 e. The maximum absolute atomic E-state index is 14.9. The third-order valence-electron chi connectivity index (χ3n) is 18.2. The summed E-state index contributed by atoms with van der Waals surface area (Å²) >= 11 is 0. The minimum Gasteiger partial charge on any atom is -0.445 e. The largest absolute Gasteiger partial charge is 0.445 e. The van der Waals surface area contributed by atoms with E-state index >= 15 is 0 Å². The fourth-order valence-corrected chi connectivity index (χ4v) is 12.6. The Kier molecular flexibility index (Phi) is 32.5. The van der Waals surface area contributed by atoms with Crippen LogP contribution in [0.5, 0.6) is 0 Å². The summed E-state index contributed by atoms with van der Waals surface area (Å²) in [5.41, 5.74) is 5.99. The van der Waals surface area contributed by atoms with Gasteiger partial charge in [0, 0.05) is 109 Å².